The first-order valence-corrected chi connectivity index (χ1v) is 6.31. The molecule has 0 atom stereocenters. The molecule has 0 bridgehead atoms. The number of nitrogens with zero attached hydrogens (tertiary/aromatic N) is 1. The topological polar surface area (TPSA) is 92.5 Å². The van der Waals surface area contributed by atoms with Gasteiger partial charge in [0.1, 0.15) is 5.56 Å². The Morgan fingerprint density at radius 1 is 1.29 bits per heavy atom. The summed E-state index contributed by atoms with van der Waals surface area (Å²) in [5.74, 6) is -1.36. The average Bonchev–Trinajstić information content (AvgIpc) is 2.41. The van der Waals surface area contributed by atoms with Gasteiger partial charge >= 0.3 is 5.97 Å². The Bertz CT molecular complexity index is 731. The molecule has 21 heavy (non-hydrogen) atoms. The first kappa shape index (κ1) is 14.8. The van der Waals surface area contributed by atoms with E-state index in [4.69, 9.17) is 16.7 Å². The maximum absolute atomic E-state index is 11.1. The van der Waals surface area contributed by atoms with Crippen LogP contribution in [0.5, 0.6) is 0 Å². The Morgan fingerprint density at radius 3 is 2.57 bits per heavy atom. The number of rotatable bonds is 4. The molecule has 0 saturated carbocycles. The molecule has 2 aromatic rings. The van der Waals surface area contributed by atoms with Crippen molar-refractivity contribution in [3.8, 4) is 0 Å². The van der Waals surface area contributed by atoms with Gasteiger partial charge < -0.3 is 10.4 Å². The number of nitro benzene ring substituents is 1. The van der Waals surface area contributed by atoms with E-state index in [2.05, 4.69) is 5.32 Å². The van der Waals surface area contributed by atoms with Crippen LogP contribution in [-0.4, -0.2) is 16.0 Å². The highest BCUT2D eigenvalue weighted by Crippen LogP contribution is 2.29. The number of hydrogen-bond acceptors (Lipinski definition) is 4. The standard InChI is InChI=1S/C14H11ClN2O4/c1-8-2-4-12(11(15)6-8)16-9-3-5-13(17(20)21)10(7-9)14(18)19/h2-7,16H,1H3,(H,18,19). The van der Waals surface area contributed by atoms with E-state index >= 15 is 0 Å². The molecule has 0 unspecified atom stereocenters. The van der Waals surface area contributed by atoms with Crippen LogP contribution >= 0.6 is 11.6 Å². The fourth-order valence-corrected chi connectivity index (χ4v) is 2.10. The van der Waals surface area contributed by atoms with Gasteiger partial charge in [0.2, 0.25) is 0 Å². The first-order valence-electron chi connectivity index (χ1n) is 5.93. The summed E-state index contributed by atoms with van der Waals surface area (Å²) in [5, 5.41) is 23.2. The molecule has 0 spiro atoms. The van der Waals surface area contributed by atoms with Crippen LogP contribution in [0, 0.1) is 17.0 Å². The highest BCUT2D eigenvalue weighted by molar-refractivity contribution is 6.33. The summed E-state index contributed by atoms with van der Waals surface area (Å²) in [6, 6.07) is 9.13. The van der Waals surface area contributed by atoms with E-state index in [9.17, 15) is 14.9 Å². The normalized spacial score (nSPS) is 10.2. The van der Waals surface area contributed by atoms with Crippen molar-refractivity contribution in [2.75, 3.05) is 5.32 Å². The molecule has 0 aliphatic rings. The lowest BCUT2D eigenvalue weighted by Gasteiger charge is -2.10. The summed E-state index contributed by atoms with van der Waals surface area (Å²) in [5.41, 5.74) is 1.15. The van der Waals surface area contributed by atoms with Gasteiger partial charge in [-0.1, -0.05) is 17.7 Å². The summed E-state index contributed by atoms with van der Waals surface area (Å²) < 4.78 is 0. The predicted molar refractivity (Wildman–Crippen MR) is 79.5 cm³/mol. The molecule has 2 N–H and O–H groups in total. The van der Waals surface area contributed by atoms with E-state index in [0.29, 0.717) is 16.4 Å². The summed E-state index contributed by atoms with van der Waals surface area (Å²) in [6.45, 7) is 1.89. The van der Waals surface area contributed by atoms with Gasteiger partial charge in [-0.2, -0.15) is 0 Å². The molecule has 0 aliphatic heterocycles. The first-order chi connectivity index (χ1) is 9.88. The number of nitrogens with one attached hydrogen (secondary N) is 1. The number of carbonyl (C=O) groups is 1. The smallest absolute Gasteiger partial charge is 0.342 e. The van der Waals surface area contributed by atoms with Crippen LogP contribution in [0.2, 0.25) is 5.02 Å². The molecule has 0 saturated heterocycles. The summed E-state index contributed by atoms with van der Waals surface area (Å²) in [4.78, 5) is 21.1. The van der Waals surface area contributed by atoms with Crippen molar-refractivity contribution in [2.24, 2.45) is 0 Å². The molecule has 108 valence electrons. The van der Waals surface area contributed by atoms with Crippen molar-refractivity contribution in [3.63, 3.8) is 0 Å². The van der Waals surface area contributed by atoms with Gasteiger partial charge in [-0.25, -0.2) is 4.79 Å². The van der Waals surface area contributed by atoms with Crippen LogP contribution in [-0.2, 0) is 0 Å². The molecule has 2 aromatic carbocycles. The zero-order chi connectivity index (χ0) is 15.6. The summed E-state index contributed by atoms with van der Waals surface area (Å²) >= 11 is 6.08. The highest BCUT2D eigenvalue weighted by Gasteiger charge is 2.20. The molecule has 0 amide bonds. The maximum atomic E-state index is 11.1. The molecule has 0 fully saturated rings. The van der Waals surface area contributed by atoms with Crippen LogP contribution in [0.15, 0.2) is 36.4 Å². The number of carboxylic acid groups (broad SMARTS) is 1. The fraction of sp³-hybridized carbons (Fsp3) is 0.0714. The highest BCUT2D eigenvalue weighted by atomic mass is 35.5. The van der Waals surface area contributed by atoms with Gasteiger partial charge in [0, 0.05) is 11.8 Å². The fourth-order valence-electron chi connectivity index (χ4n) is 1.82. The van der Waals surface area contributed by atoms with Crippen molar-refractivity contribution >= 4 is 34.6 Å². The van der Waals surface area contributed by atoms with Crippen LogP contribution < -0.4 is 5.32 Å². The van der Waals surface area contributed by atoms with E-state index in [0.717, 1.165) is 11.6 Å². The molecule has 0 aliphatic carbocycles. The predicted octanol–water partition coefficient (Wildman–Crippen LogP) is 4.00. The number of aromatic carboxylic acids is 1. The Hall–Kier alpha value is -2.60. The van der Waals surface area contributed by atoms with Gasteiger partial charge in [-0.15, -0.1) is 0 Å². The van der Waals surface area contributed by atoms with Crippen LogP contribution in [0.25, 0.3) is 0 Å². The molecule has 7 heteroatoms. The van der Waals surface area contributed by atoms with Crippen molar-refractivity contribution in [2.45, 2.75) is 6.92 Å². The monoisotopic (exact) mass is 306 g/mol. The Kier molecular flexibility index (Phi) is 4.09. The molecule has 6 nitrogen and oxygen atoms in total. The van der Waals surface area contributed by atoms with E-state index in [1.54, 1.807) is 12.1 Å². The molecule has 0 radical (unpaired) electrons. The lowest BCUT2D eigenvalue weighted by Crippen LogP contribution is -2.03. The minimum absolute atomic E-state index is 0.381. The quantitative estimate of drug-likeness (QED) is 0.658. The summed E-state index contributed by atoms with van der Waals surface area (Å²) in [6.07, 6.45) is 0. The van der Waals surface area contributed by atoms with Crippen LogP contribution in [0.3, 0.4) is 0 Å². The van der Waals surface area contributed by atoms with Crippen molar-refractivity contribution in [3.05, 3.63) is 62.7 Å². The third kappa shape index (κ3) is 3.29. The van der Waals surface area contributed by atoms with Gasteiger partial charge in [0.05, 0.1) is 15.6 Å². The van der Waals surface area contributed by atoms with Gasteiger partial charge in [-0.05, 0) is 36.8 Å². The Morgan fingerprint density at radius 2 is 2.00 bits per heavy atom. The molecular formula is C14H11ClN2O4. The Balaban J connectivity index is 2.39. The minimum Gasteiger partial charge on any atom is -0.477 e. The lowest BCUT2D eigenvalue weighted by atomic mass is 10.1. The maximum Gasteiger partial charge on any atom is 0.342 e. The van der Waals surface area contributed by atoms with E-state index in [1.807, 2.05) is 13.0 Å². The number of halogens is 1. The third-order valence-electron chi connectivity index (χ3n) is 2.83. The number of aryl methyl sites for hydroxylation is 1. The molecule has 0 heterocycles. The number of nitro groups is 1. The number of benzene rings is 2. The van der Waals surface area contributed by atoms with Crippen molar-refractivity contribution in [1.82, 2.24) is 0 Å². The number of hydrogen-bond donors (Lipinski definition) is 2. The zero-order valence-corrected chi connectivity index (χ0v) is 11.7. The average molecular weight is 307 g/mol. The lowest BCUT2D eigenvalue weighted by molar-refractivity contribution is -0.385. The van der Waals surface area contributed by atoms with Crippen molar-refractivity contribution in [1.29, 1.82) is 0 Å². The molecule has 0 aromatic heterocycles. The second-order valence-corrected chi connectivity index (χ2v) is 4.81. The third-order valence-corrected chi connectivity index (χ3v) is 3.14. The number of carboxylic acids is 1. The minimum atomic E-state index is -1.36. The van der Waals surface area contributed by atoms with Gasteiger partial charge in [0.25, 0.3) is 5.69 Å². The number of anilines is 2. The van der Waals surface area contributed by atoms with Crippen molar-refractivity contribution < 1.29 is 14.8 Å². The van der Waals surface area contributed by atoms with Gasteiger partial charge in [0.15, 0.2) is 0 Å². The van der Waals surface area contributed by atoms with Crippen LogP contribution in [0.1, 0.15) is 15.9 Å². The Labute approximate surface area is 125 Å². The zero-order valence-electron chi connectivity index (χ0n) is 11.0. The van der Waals surface area contributed by atoms with Crippen LogP contribution in [0.4, 0.5) is 17.1 Å². The second-order valence-electron chi connectivity index (χ2n) is 4.40. The van der Waals surface area contributed by atoms with E-state index in [-0.39, 0.29) is 5.56 Å². The summed E-state index contributed by atoms with van der Waals surface area (Å²) in [7, 11) is 0. The molecule has 2 rings (SSSR count). The second kappa shape index (κ2) is 5.80. The molecular weight excluding hydrogens is 296 g/mol. The van der Waals surface area contributed by atoms with E-state index in [1.165, 1.54) is 12.1 Å². The largest absolute Gasteiger partial charge is 0.477 e. The SMILES string of the molecule is Cc1ccc(Nc2ccc([N+](=O)[O-])c(C(=O)O)c2)c(Cl)c1. The van der Waals surface area contributed by atoms with Gasteiger partial charge in [-0.3, -0.25) is 10.1 Å². The van der Waals surface area contributed by atoms with E-state index < -0.39 is 16.6 Å².